The minimum atomic E-state index is -0.184. The lowest BCUT2D eigenvalue weighted by molar-refractivity contribution is 0.0911. The number of aromatic nitrogens is 3. The summed E-state index contributed by atoms with van der Waals surface area (Å²) < 4.78 is 15.9. The third-order valence-electron chi connectivity index (χ3n) is 8.01. The van der Waals surface area contributed by atoms with Gasteiger partial charge in [0.25, 0.3) is 0 Å². The van der Waals surface area contributed by atoms with Gasteiger partial charge in [-0.1, -0.05) is 6.92 Å². The predicted octanol–water partition coefficient (Wildman–Crippen LogP) is 6.27. The number of ketones is 1. The van der Waals surface area contributed by atoms with Crippen molar-refractivity contribution >= 4 is 17.1 Å². The van der Waals surface area contributed by atoms with Gasteiger partial charge < -0.3 is 19.1 Å². The molecule has 1 saturated carbocycles. The molecule has 3 aromatic heterocycles. The number of aliphatic hydroxyl groups excluding tert-OH is 1. The lowest BCUT2D eigenvalue weighted by atomic mass is 9.90. The van der Waals surface area contributed by atoms with Crippen molar-refractivity contribution in [2.45, 2.75) is 51.7 Å². The molecule has 198 valence electrons. The van der Waals surface area contributed by atoms with E-state index < -0.39 is 0 Å². The van der Waals surface area contributed by atoms with Gasteiger partial charge in [0.15, 0.2) is 5.78 Å². The van der Waals surface area contributed by atoms with Crippen LogP contribution in [0, 0.1) is 11.8 Å². The van der Waals surface area contributed by atoms with Crippen molar-refractivity contribution in [2.24, 2.45) is 18.9 Å². The van der Waals surface area contributed by atoms with Gasteiger partial charge in [-0.25, -0.2) is 4.68 Å². The van der Waals surface area contributed by atoms with E-state index in [1.165, 1.54) is 0 Å². The lowest BCUT2D eigenvalue weighted by Gasteiger charge is -2.22. The molecule has 3 atom stereocenters. The number of aliphatic hydroxyl groups is 1. The smallest absolute Gasteiger partial charge is 0.186 e. The van der Waals surface area contributed by atoms with Gasteiger partial charge >= 0.3 is 0 Å². The van der Waals surface area contributed by atoms with Crippen LogP contribution in [0.5, 0.6) is 11.5 Å². The van der Waals surface area contributed by atoms with E-state index in [9.17, 15) is 9.90 Å². The monoisotopic (exact) mass is 531 g/mol. The van der Waals surface area contributed by atoms with E-state index in [1.807, 2.05) is 52.3 Å². The van der Waals surface area contributed by atoms with Crippen molar-refractivity contribution in [1.82, 2.24) is 14.3 Å². The molecule has 0 radical (unpaired) electrons. The molecule has 1 aliphatic carbocycles. The Hall–Kier alpha value is -3.36. The summed E-state index contributed by atoms with van der Waals surface area (Å²) >= 11 is 1.60. The first-order valence-corrected chi connectivity index (χ1v) is 14.2. The molecule has 2 aliphatic rings. The largest absolute Gasteiger partial charge is 0.496 e. The van der Waals surface area contributed by atoms with Crippen LogP contribution in [0.2, 0.25) is 0 Å². The van der Waals surface area contributed by atoms with Crippen LogP contribution in [0.25, 0.3) is 28.1 Å². The zero-order valence-corrected chi connectivity index (χ0v) is 22.8. The SMILES string of the molecule is COc1cc2c(cc1-c1ccn(C)c1)-c1c(c(C(=O)C(C)CCC3CCC(O)C3)nn1-c1ccsc1)CO2. The average molecular weight is 532 g/mol. The van der Waals surface area contributed by atoms with Gasteiger partial charge in [0.05, 0.1) is 24.6 Å². The molecule has 1 N–H and O–H groups in total. The molecule has 4 aromatic rings. The van der Waals surface area contributed by atoms with Crippen LogP contribution in [-0.4, -0.2) is 38.5 Å². The van der Waals surface area contributed by atoms with Crippen molar-refractivity contribution in [2.75, 3.05) is 7.11 Å². The zero-order chi connectivity index (χ0) is 26.4. The zero-order valence-electron chi connectivity index (χ0n) is 22.0. The highest BCUT2D eigenvalue weighted by Crippen LogP contribution is 2.46. The van der Waals surface area contributed by atoms with E-state index >= 15 is 0 Å². The second-order valence-electron chi connectivity index (χ2n) is 10.6. The summed E-state index contributed by atoms with van der Waals surface area (Å²) in [5, 5.41) is 18.9. The van der Waals surface area contributed by atoms with E-state index in [2.05, 4.69) is 18.3 Å². The fraction of sp³-hybridized carbons (Fsp3) is 0.400. The molecule has 1 fully saturated rings. The average Bonchev–Trinajstić information content (AvgIpc) is 3.73. The number of hydrogen-bond acceptors (Lipinski definition) is 6. The first-order chi connectivity index (χ1) is 18.4. The molecule has 1 aliphatic heterocycles. The van der Waals surface area contributed by atoms with E-state index in [0.29, 0.717) is 11.6 Å². The van der Waals surface area contributed by atoms with Crippen LogP contribution in [-0.2, 0) is 13.7 Å². The van der Waals surface area contributed by atoms with Gasteiger partial charge in [0.2, 0.25) is 0 Å². The van der Waals surface area contributed by atoms with Gasteiger partial charge in [0.1, 0.15) is 23.8 Å². The van der Waals surface area contributed by atoms with E-state index in [1.54, 1.807) is 18.4 Å². The molecule has 0 spiro atoms. The quantitative estimate of drug-likeness (QED) is 0.271. The second-order valence-corrected chi connectivity index (χ2v) is 11.4. The molecule has 3 unspecified atom stereocenters. The number of fused-ring (bicyclic) bond motifs is 3. The first-order valence-electron chi connectivity index (χ1n) is 13.3. The van der Waals surface area contributed by atoms with Crippen molar-refractivity contribution in [1.29, 1.82) is 0 Å². The number of aryl methyl sites for hydroxylation is 1. The molecule has 1 aromatic carbocycles. The number of ether oxygens (including phenoxy) is 2. The Kier molecular flexibility index (Phi) is 6.61. The molecule has 0 saturated heterocycles. The van der Waals surface area contributed by atoms with Crippen LogP contribution >= 0.6 is 11.3 Å². The number of benzene rings is 1. The van der Waals surface area contributed by atoms with Crippen molar-refractivity contribution in [3.63, 3.8) is 0 Å². The lowest BCUT2D eigenvalue weighted by Crippen LogP contribution is -2.16. The summed E-state index contributed by atoms with van der Waals surface area (Å²) in [7, 11) is 3.66. The number of thiophene rings is 1. The van der Waals surface area contributed by atoms with E-state index in [0.717, 1.165) is 77.2 Å². The highest BCUT2D eigenvalue weighted by Gasteiger charge is 2.33. The van der Waals surface area contributed by atoms with Crippen LogP contribution in [0.4, 0.5) is 0 Å². The van der Waals surface area contributed by atoms with E-state index in [-0.39, 0.29) is 24.4 Å². The molecule has 0 amide bonds. The van der Waals surface area contributed by atoms with Crippen molar-refractivity contribution in [3.8, 4) is 39.6 Å². The van der Waals surface area contributed by atoms with Gasteiger partial charge in [-0.2, -0.15) is 16.4 Å². The molecule has 7 nitrogen and oxygen atoms in total. The Balaban J connectivity index is 1.41. The second kappa shape index (κ2) is 10.1. The number of nitrogens with zero attached hydrogens (tertiary/aromatic N) is 3. The normalized spacial score (nSPS) is 19.1. The Labute approximate surface area is 226 Å². The Morgan fingerprint density at radius 3 is 2.84 bits per heavy atom. The highest BCUT2D eigenvalue weighted by atomic mass is 32.1. The molecular weight excluding hydrogens is 498 g/mol. The summed E-state index contributed by atoms with van der Waals surface area (Å²) in [5.74, 6) is 1.86. The summed E-state index contributed by atoms with van der Waals surface area (Å²) in [6.45, 7) is 2.28. The molecule has 6 rings (SSSR count). The van der Waals surface area contributed by atoms with Gasteiger partial charge in [0, 0.05) is 59.1 Å². The summed E-state index contributed by atoms with van der Waals surface area (Å²) in [6.07, 6.45) is 8.40. The fourth-order valence-corrected chi connectivity index (χ4v) is 6.47. The summed E-state index contributed by atoms with van der Waals surface area (Å²) in [5.41, 5.74) is 6.07. The molecule has 38 heavy (non-hydrogen) atoms. The topological polar surface area (TPSA) is 78.5 Å². The summed E-state index contributed by atoms with van der Waals surface area (Å²) in [4.78, 5) is 13.8. The Morgan fingerprint density at radius 1 is 1.29 bits per heavy atom. The predicted molar refractivity (Wildman–Crippen MR) is 148 cm³/mol. The number of Topliss-reactive ketones (excluding diaryl/α,β-unsaturated/α-hetero) is 1. The molecule has 8 heteroatoms. The standard InChI is InChI=1S/C30H33N3O4S/c1-18(4-5-19-6-7-22(34)12-19)30(35)28-25-16-37-27-14-26(36-3)23(20-8-10-32(2)15-20)13-24(27)29(25)33(31-28)21-9-11-38-17-21/h8-11,13-15,17-19,22,34H,4-7,12,16H2,1-3H3. The van der Waals surface area contributed by atoms with Crippen molar-refractivity contribution in [3.05, 3.63) is 58.7 Å². The van der Waals surface area contributed by atoms with Crippen LogP contribution in [0.1, 0.15) is 55.1 Å². The first kappa shape index (κ1) is 24.9. The van der Waals surface area contributed by atoms with E-state index in [4.69, 9.17) is 14.6 Å². The third-order valence-corrected chi connectivity index (χ3v) is 8.68. The maximum absolute atomic E-state index is 13.8. The van der Waals surface area contributed by atoms with Crippen LogP contribution in [0.3, 0.4) is 0 Å². The molecule has 0 bridgehead atoms. The number of hydrogen-bond donors (Lipinski definition) is 1. The number of carbonyl (C=O) groups is 1. The van der Waals surface area contributed by atoms with Crippen LogP contribution < -0.4 is 9.47 Å². The van der Waals surface area contributed by atoms with Gasteiger partial charge in [-0.05, 0) is 61.6 Å². The number of carbonyl (C=O) groups excluding carboxylic acids is 1. The van der Waals surface area contributed by atoms with Crippen LogP contribution in [0.15, 0.2) is 47.4 Å². The van der Waals surface area contributed by atoms with Gasteiger partial charge in [-0.15, -0.1) is 0 Å². The minimum absolute atomic E-state index is 0.0534. The Bertz CT molecular complexity index is 1470. The highest BCUT2D eigenvalue weighted by molar-refractivity contribution is 7.08. The maximum Gasteiger partial charge on any atom is 0.186 e. The minimum Gasteiger partial charge on any atom is -0.496 e. The third kappa shape index (κ3) is 4.46. The number of rotatable bonds is 8. The van der Waals surface area contributed by atoms with Gasteiger partial charge in [-0.3, -0.25) is 4.79 Å². The maximum atomic E-state index is 13.8. The fourth-order valence-electron chi connectivity index (χ4n) is 5.86. The number of methoxy groups -OCH3 is 1. The Morgan fingerprint density at radius 2 is 2.16 bits per heavy atom. The molecule has 4 heterocycles. The van der Waals surface area contributed by atoms with Crippen molar-refractivity contribution < 1.29 is 19.4 Å². The molecular formula is C30H33N3O4S. The summed E-state index contributed by atoms with van der Waals surface area (Å²) in [6, 6.07) is 8.11.